The van der Waals surface area contributed by atoms with Gasteiger partial charge in [-0.15, -0.1) is 13.2 Å². The second kappa shape index (κ2) is 13.2. The SMILES string of the molecule is OCC(NC(c1cccc(Oc2ccc(OC(F)(F)F)cc2)c1)c1cccc(C(F)(F)C(F)(F)F)c1)c1cccc(C(F)(F)F)c1. The molecule has 0 spiro atoms. The summed E-state index contributed by atoms with van der Waals surface area (Å²) in [5.74, 6) is -5.69. The van der Waals surface area contributed by atoms with Crippen LogP contribution in [0.25, 0.3) is 0 Å². The molecule has 0 heterocycles. The summed E-state index contributed by atoms with van der Waals surface area (Å²) in [6.07, 6.45) is -15.6. The average Bonchev–Trinajstić information content (AvgIpc) is 2.97. The van der Waals surface area contributed by atoms with Gasteiger partial charge in [-0.25, -0.2) is 0 Å². The van der Waals surface area contributed by atoms with Gasteiger partial charge in [-0.1, -0.05) is 42.5 Å². The average molecular weight is 665 g/mol. The molecular formula is C31H22F11NO3. The third kappa shape index (κ3) is 8.46. The van der Waals surface area contributed by atoms with E-state index in [0.717, 1.165) is 48.5 Å². The van der Waals surface area contributed by atoms with Gasteiger partial charge in [0.1, 0.15) is 17.2 Å². The van der Waals surface area contributed by atoms with Crippen molar-refractivity contribution in [1.29, 1.82) is 0 Å². The Morgan fingerprint density at radius 2 is 1.11 bits per heavy atom. The van der Waals surface area contributed by atoms with Gasteiger partial charge < -0.3 is 14.6 Å². The van der Waals surface area contributed by atoms with Crippen molar-refractivity contribution in [2.24, 2.45) is 0 Å². The van der Waals surface area contributed by atoms with E-state index in [4.69, 9.17) is 4.74 Å². The first kappa shape index (κ1) is 34.5. The van der Waals surface area contributed by atoms with E-state index in [0.29, 0.717) is 12.1 Å². The smallest absolute Gasteiger partial charge is 0.457 e. The molecule has 2 N–H and O–H groups in total. The Bertz CT molecular complexity index is 1620. The zero-order valence-corrected chi connectivity index (χ0v) is 23.0. The highest BCUT2D eigenvalue weighted by Crippen LogP contribution is 2.45. The second-order valence-corrected chi connectivity index (χ2v) is 9.85. The molecule has 0 saturated carbocycles. The Kier molecular flexibility index (Phi) is 9.87. The van der Waals surface area contributed by atoms with Gasteiger partial charge in [-0.05, 0) is 71.3 Å². The Labute approximate surface area is 254 Å². The molecule has 0 aliphatic rings. The van der Waals surface area contributed by atoms with Crippen LogP contribution in [0.1, 0.15) is 39.9 Å². The topological polar surface area (TPSA) is 50.7 Å². The minimum Gasteiger partial charge on any atom is -0.457 e. The highest BCUT2D eigenvalue weighted by Gasteiger charge is 2.58. The number of hydrogen-bond donors (Lipinski definition) is 2. The normalized spacial score (nSPS) is 14.1. The zero-order valence-electron chi connectivity index (χ0n) is 23.0. The third-order valence-electron chi connectivity index (χ3n) is 6.59. The number of rotatable bonds is 10. The molecule has 0 aromatic heterocycles. The van der Waals surface area contributed by atoms with E-state index in [1.807, 2.05) is 0 Å². The number of benzene rings is 4. The monoisotopic (exact) mass is 665 g/mol. The van der Waals surface area contributed by atoms with Crippen LogP contribution in [-0.2, 0) is 12.1 Å². The predicted octanol–water partition coefficient (Wildman–Crippen LogP) is 9.46. The van der Waals surface area contributed by atoms with Crippen molar-refractivity contribution in [3.63, 3.8) is 0 Å². The van der Waals surface area contributed by atoms with Gasteiger partial charge in [0.05, 0.1) is 24.3 Å². The van der Waals surface area contributed by atoms with E-state index in [2.05, 4.69) is 10.1 Å². The van der Waals surface area contributed by atoms with Gasteiger partial charge in [0.15, 0.2) is 0 Å². The van der Waals surface area contributed by atoms with Crippen LogP contribution in [0.2, 0.25) is 0 Å². The minimum atomic E-state index is -5.94. The third-order valence-corrected chi connectivity index (χ3v) is 6.59. The second-order valence-electron chi connectivity index (χ2n) is 9.85. The molecule has 0 aliphatic heterocycles. The largest absolute Gasteiger partial charge is 0.573 e. The maximum Gasteiger partial charge on any atom is 0.573 e. The van der Waals surface area contributed by atoms with Crippen LogP contribution in [0, 0.1) is 0 Å². The predicted molar refractivity (Wildman–Crippen MR) is 142 cm³/mol. The van der Waals surface area contributed by atoms with E-state index in [1.165, 1.54) is 36.4 Å². The minimum absolute atomic E-state index is 0.0419. The van der Waals surface area contributed by atoms with Crippen molar-refractivity contribution in [3.05, 3.63) is 125 Å². The standard InChI is InChI=1S/C31H22F11NO3/c32-28(33,30(37,38)39)21-7-2-5-19(15-21)27(43-26(17-44)18-4-1-8-22(14-18)29(34,35)36)20-6-3-9-25(16-20)45-23-10-12-24(13-11-23)46-31(40,41)42/h1-16,26-27,43-44H,17H2. The molecular weight excluding hydrogens is 643 g/mol. The van der Waals surface area contributed by atoms with Crippen LogP contribution >= 0.6 is 0 Å². The summed E-state index contributed by atoms with van der Waals surface area (Å²) in [6.45, 7) is -0.807. The van der Waals surface area contributed by atoms with E-state index in [-0.39, 0.29) is 28.2 Å². The van der Waals surface area contributed by atoms with Gasteiger partial charge >= 0.3 is 24.6 Å². The quantitative estimate of drug-likeness (QED) is 0.166. The van der Waals surface area contributed by atoms with Crippen LogP contribution < -0.4 is 14.8 Å². The summed E-state index contributed by atoms with van der Waals surface area (Å²) < 4.78 is 155. The van der Waals surface area contributed by atoms with E-state index < -0.39 is 60.2 Å². The summed E-state index contributed by atoms with van der Waals surface area (Å²) >= 11 is 0. The summed E-state index contributed by atoms with van der Waals surface area (Å²) in [6, 6.07) is 14.4. The highest BCUT2D eigenvalue weighted by atomic mass is 19.4. The first-order chi connectivity index (χ1) is 21.4. The maximum atomic E-state index is 14.3. The van der Waals surface area contributed by atoms with E-state index in [9.17, 15) is 53.4 Å². The molecule has 0 amide bonds. The number of nitrogens with one attached hydrogen (secondary N) is 1. The van der Waals surface area contributed by atoms with Crippen LogP contribution in [-0.4, -0.2) is 24.3 Å². The molecule has 2 unspecified atom stereocenters. The lowest BCUT2D eigenvalue weighted by Gasteiger charge is -2.28. The molecule has 0 fully saturated rings. The number of halogens is 11. The van der Waals surface area contributed by atoms with E-state index in [1.54, 1.807) is 0 Å². The van der Waals surface area contributed by atoms with Gasteiger partial charge in [-0.2, -0.15) is 35.1 Å². The molecule has 0 bridgehead atoms. The molecule has 4 rings (SSSR count). The molecule has 4 nitrogen and oxygen atoms in total. The van der Waals surface area contributed by atoms with Crippen molar-refractivity contribution < 1.29 is 62.9 Å². The van der Waals surface area contributed by atoms with Crippen molar-refractivity contribution in [1.82, 2.24) is 5.32 Å². The van der Waals surface area contributed by atoms with Crippen LogP contribution in [0.3, 0.4) is 0 Å². The number of aliphatic hydroxyl groups excluding tert-OH is 1. The summed E-state index contributed by atoms with van der Waals surface area (Å²) in [5, 5.41) is 13.0. The van der Waals surface area contributed by atoms with Crippen molar-refractivity contribution >= 4 is 0 Å². The molecule has 15 heteroatoms. The Morgan fingerprint density at radius 1 is 0.587 bits per heavy atom. The van der Waals surface area contributed by atoms with Crippen LogP contribution in [0.4, 0.5) is 48.3 Å². The van der Waals surface area contributed by atoms with Gasteiger partial charge in [0.2, 0.25) is 0 Å². The number of aliphatic hydroxyl groups is 1. The lowest BCUT2D eigenvalue weighted by atomic mass is 9.93. The number of ether oxygens (including phenoxy) is 2. The molecule has 46 heavy (non-hydrogen) atoms. The fraction of sp³-hybridized carbons (Fsp3) is 0.226. The van der Waals surface area contributed by atoms with Crippen LogP contribution in [0.5, 0.6) is 17.2 Å². The Morgan fingerprint density at radius 3 is 1.67 bits per heavy atom. The fourth-order valence-electron chi connectivity index (χ4n) is 4.45. The lowest BCUT2D eigenvalue weighted by molar-refractivity contribution is -0.289. The Hall–Kier alpha value is -4.37. The number of hydrogen-bond acceptors (Lipinski definition) is 4. The zero-order chi connectivity index (χ0) is 33.9. The molecule has 0 radical (unpaired) electrons. The first-order valence-corrected chi connectivity index (χ1v) is 13.1. The molecule has 0 saturated heterocycles. The Balaban J connectivity index is 1.74. The molecule has 4 aromatic carbocycles. The van der Waals surface area contributed by atoms with E-state index >= 15 is 0 Å². The van der Waals surface area contributed by atoms with Crippen molar-refractivity contribution in [2.75, 3.05) is 6.61 Å². The van der Waals surface area contributed by atoms with Crippen molar-refractivity contribution in [3.8, 4) is 17.2 Å². The lowest BCUT2D eigenvalue weighted by Crippen LogP contribution is -2.34. The first-order valence-electron chi connectivity index (χ1n) is 13.1. The highest BCUT2D eigenvalue weighted by molar-refractivity contribution is 5.42. The summed E-state index contributed by atoms with van der Waals surface area (Å²) in [4.78, 5) is 0. The maximum absolute atomic E-state index is 14.3. The number of alkyl halides is 11. The molecule has 0 aliphatic carbocycles. The molecule has 4 aromatic rings. The van der Waals surface area contributed by atoms with Gasteiger partial charge in [0.25, 0.3) is 0 Å². The fourth-order valence-corrected chi connectivity index (χ4v) is 4.45. The van der Waals surface area contributed by atoms with Crippen LogP contribution in [0.15, 0.2) is 97.1 Å². The molecule has 2 atom stereocenters. The van der Waals surface area contributed by atoms with Crippen molar-refractivity contribution in [2.45, 2.75) is 36.7 Å². The van der Waals surface area contributed by atoms with Gasteiger partial charge in [-0.3, -0.25) is 5.32 Å². The van der Waals surface area contributed by atoms with Gasteiger partial charge in [0, 0.05) is 5.56 Å². The molecule has 246 valence electrons. The summed E-state index contributed by atoms with van der Waals surface area (Å²) in [5.41, 5.74) is -2.52. The summed E-state index contributed by atoms with van der Waals surface area (Å²) in [7, 11) is 0.